The van der Waals surface area contributed by atoms with Crippen LogP contribution in [0.15, 0.2) is 0 Å². The van der Waals surface area contributed by atoms with Crippen molar-refractivity contribution < 1.29 is 4.79 Å². The molecule has 0 spiro atoms. The van der Waals surface area contributed by atoms with E-state index < -0.39 is 0 Å². The molecule has 0 aromatic carbocycles. The number of amides is 1. The van der Waals surface area contributed by atoms with Gasteiger partial charge in [0, 0.05) is 0 Å². The van der Waals surface area contributed by atoms with Crippen LogP contribution in [0.3, 0.4) is 0 Å². The number of nitrogens with two attached hydrogens (primary N) is 3. The van der Waals surface area contributed by atoms with Crippen LogP contribution in [0.2, 0.25) is 0 Å². The summed E-state index contributed by atoms with van der Waals surface area (Å²) in [5.74, 6) is 8.00. The molecule has 6 N–H and O–H groups in total. The number of primary amides is 1. The Hall–Kier alpha value is -0.320. The summed E-state index contributed by atoms with van der Waals surface area (Å²) in [5, 5.41) is 0. The van der Waals surface area contributed by atoms with Gasteiger partial charge in [-0.2, -0.15) is 0 Å². The highest BCUT2D eigenvalue weighted by atomic mass is 35.5. The summed E-state index contributed by atoms with van der Waals surface area (Å²) in [5.41, 5.74) is 4.17. The normalized spacial score (nSPS) is 3.00. The molecule has 1 amide bonds. The topological polar surface area (TPSA) is 95.1 Å². The van der Waals surface area contributed by atoms with Crippen molar-refractivity contribution in [2.75, 3.05) is 0 Å². The van der Waals surface area contributed by atoms with Gasteiger partial charge in [-0.1, -0.05) is 0 Å². The second-order valence-corrected chi connectivity index (χ2v) is 0.136. The number of carbonyl (C=O) groups is 1. The minimum absolute atomic E-state index is 0. The van der Waals surface area contributed by atoms with Crippen molar-refractivity contribution in [3.8, 4) is 0 Å². The molecule has 0 saturated heterocycles. The molecule has 0 aliphatic carbocycles. The monoisotopic (exact) mass is 113 g/mol. The summed E-state index contributed by atoms with van der Waals surface area (Å²) in [6.07, 6.45) is 0.250. The van der Waals surface area contributed by atoms with E-state index in [2.05, 4.69) is 17.4 Å². The van der Waals surface area contributed by atoms with Gasteiger partial charge in [0.2, 0.25) is 6.41 Å². The highest BCUT2D eigenvalue weighted by molar-refractivity contribution is 5.85. The first kappa shape index (κ1) is 17.3. The minimum Gasteiger partial charge on any atom is -0.372 e. The van der Waals surface area contributed by atoms with Gasteiger partial charge in [-0.15, -0.1) is 12.4 Å². The molecule has 0 atom stereocenters. The third kappa shape index (κ3) is 258. The zero-order valence-electron chi connectivity index (χ0n) is 3.13. The first-order valence-corrected chi connectivity index (χ1v) is 0.902. The molecule has 6 heavy (non-hydrogen) atoms. The fraction of sp³-hybridized carbons (Fsp3) is 0. The van der Waals surface area contributed by atoms with E-state index in [0.717, 1.165) is 0 Å². The number of halogens is 1. The lowest BCUT2D eigenvalue weighted by molar-refractivity contribution is -0.106. The van der Waals surface area contributed by atoms with Crippen LogP contribution in [0.4, 0.5) is 0 Å². The molecule has 0 aliphatic heterocycles. The largest absolute Gasteiger partial charge is 0.372 e. The minimum atomic E-state index is 0. The highest BCUT2D eigenvalue weighted by Crippen LogP contribution is 0.798. The van der Waals surface area contributed by atoms with Crippen LogP contribution in [0, 0.1) is 0 Å². The molecule has 0 aromatic heterocycles. The Morgan fingerprint density at radius 1 is 1.33 bits per heavy atom. The maximum absolute atomic E-state index is 8.58. The van der Waals surface area contributed by atoms with E-state index in [4.69, 9.17) is 4.79 Å². The van der Waals surface area contributed by atoms with Gasteiger partial charge in [0.25, 0.3) is 0 Å². The van der Waals surface area contributed by atoms with E-state index in [-0.39, 0.29) is 18.8 Å². The van der Waals surface area contributed by atoms with Crippen LogP contribution in [0.25, 0.3) is 0 Å². The van der Waals surface area contributed by atoms with Gasteiger partial charge in [-0.3, -0.25) is 16.5 Å². The summed E-state index contributed by atoms with van der Waals surface area (Å²) in [7, 11) is 0. The van der Waals surface area contributed by atoms with Crippen LogP contribution < -0.4 is 17.4 Å². The lowest BCUT2D eigenvalue weighted by Gasteiger charge is -1.32. The smallest absolute Gasteiger partial charge is 0.204 e. The van der Waals surface area contributed by atoms with Gasteiger partial charge in [-0.25, -0.2) is 0 Å². The first-order valence-electron chi connectivity index (χ1n) is 0.902. The van der Waals surface area contributed by atoms with Crippen LogP contribution in [-0.2, 0) is 4.79 Å². The molecule has 0 unspecified atom stereocenters. The van der Waals surface area contributed by atoms with Gasteiger partial charge in [0.05, 0.1) is 0 Å². The van der Waals surface area contributed by atoms with Crippen molar-refractivity contribution in [1.82, 2.24) is 0 Å². The van der Waals surface area contributed by atoms with Crippen molar-refractivity contribution in [2.24, 2.45) is 17.4 Å². The highest BCUT2D eigenvalue weighted by Gasteiger charge is 1.19. The van der Waals surface area contributed by atoms with Gasteiger partial charge in [-0.05, 0) is 0 Å². The molecule has 0 heterocycles. The molecular weight excluding hydrogens is 105 g/mol. The molecular formula is CH8ClN3O. The number of carbonyl (C=O) groups excluding carboxylic acids is 1. The molecule has 0 bridgehead atoms. The number of rotatable bonds is 0. The SMILES string of the molecule is Cl.NC=O.NN. The van der Waals surface area contributed by atoms with Crippen molar-refractivity contribution >= 4 is 18.8 Å². The summed E-state index contributed by atoms with van der Waals surface area (Å²) in [6, 6.07) is 0. The Labute approximate surface area is 42.0 Å². The zero-order chi connectivity index (χ0) is 4.71. The van der Waals surface area contributed by atoms with Crippen molar-refractivity contribution in [2.45, 2.75) is 0 Å². The predicted molar refractivity (Wildman–Crippen MR) is 25.9 cm³/mol. The number of hydrazine groups is 1. The second kappa shape index (κ2) is 137. The molecule has 0 aliphatic rings. The molecule has 0 radical (unpaired) electrons. The van der Waals surface area contributed by atoms with Gasteiger partial charge >= 0.3 is 0 Å². The van der Waals surface area contributed by atoms with E-state index in [9.17, 15) is 0 Å². The molecule has 4 nitrogen and oxygen atoms in total. The average Bonchev–Trinajstić information content (AvgIpc) is 1.46. The van der Waals surface area contributed by atoms with Gasteiger partial charge in [0.1, 0.15) is 0 Å². The van der Waals surface area contributed by atoms with E-state index in [1.807, 2.05) is 0 Å². The zero-order valence-corrected chi connectivity index (χ0v) is 3.94. The lowest BCUT2D eigenvalue weighted by atomic mass is 11.5. The summed E-state index contributed by atoms with van der Waals surface area (Å²) >= 11 is 0. The van der Waals surface area contributed by atoms with Crippen LogP contribution in [-0.4, -0.2) is 6.41 Å². The molecule has 40 valence electrons. The van der Waals surface area contributed by atoms with Crippen LogP contribution in [0.5, 0.6) is 0 Å². The Kier molecular flexibility index (Phi) is 396. The van der Waals surface area contributed by atoms with Crippen molar-refractivity contribution in [1.29, 1.82) is 0 Å². The standard InChI is InChI=1S/CH3NO.ClH.H4N2/c2-1-3;;1-2/h1H,(H2,2,3);1H;1-2H2. The summed E-state index contributed by atoms with van der Waals surface area (Å²) < 4.78 is 0. The second-order valence-electron chi connectivity index (χ2n) is 0.136. The maximum atomic E-state index is 8.58. The molecule has 0 rings (SSSR count). The number of hydrogen-bond donors (Lipinski definition) is 3. The van der Waals surface area contributed by atoms with E-state index in [0.29, 0.717) is 0 Å². The molecule has 0 aromatic rings. The quantitative estimate of drug-likeness (QED) is 0.199. The fourth-order valence-electron chi connectivity index (χ4n) is 0. The van der Waals surface area contributed by atoms with Crippen LogP contribution in [0.1, 0.15) is 0 Å². The Bertz CT molecular complexity index is 18.3. The molecule has 5 heteroatoms. The number of hydrogen-bond acceptors (Lipinski definition) is 3. The lowest BCUT2D eigenvalue weighted by Crippen LogP contribution is -2.02. The van der Waals surface area contributed by atoms with Gasteiger partial charge < -0.3 is 5.73 Å². The third-order valence-corrected chi connectivity index (χ3v) is 0. The molecule has 0 fully saturated rings. The van der Waals surface area contributed by atoms with Crippen LogP contribution >= 0.6 is 12.4 Å². The Morgan fingerprint density at radius 3 is 1.33 bits per heavy atom. The average molecular weight is 114 g/mol. The predicted octanol–water partition coefficient (Wildman–Crippen LogP) is -1.66. The Balaban J connectivity index is -0.0000000275. The summed E-state index contributed by atoms with van der Waals surface area (Å²) in [4.78, 5) is 8.58. The van der Waals surface area contributed by atoms with Crippen molar-refractivity contribution in [3.05, 3.63) is 0 Å². The molecule has 0 saturated carbocycles. The van der Waals surface area contributed by atoms with E-state index >= 15 is 0 Å². The summed E-state index contributed by atoms with van der Waals surface area (Å²) in [6.45, 7) is 0. The van der Waals surface area contributed by atoms with E-state index in [1.165, 1.54) is 0 Å². The van der Waals surface area contributed by atoms with Crippen molar-refractivity contribution in [3.63, 3.8) is 0 Å². The van der Waals surface area contributed by atoms with Gasteiger partial charge in [0.15, 0.2) is 0 Å². The first-order chi connectivity index (χ1) is 2.41. The fourth-order valence-corrected chi connectivity index (χ4v) is 0. The third-order valence-electron chi connectivity index (χ3n) is 0. The Morgan fingerprint density at radius 2 is 1.33 bits per heavy atom. The maximum Gasteiger partial charge on any atom is 0.204 e. The van der Waals surface area contributed by atoms with E-state index in [1.54, 1.807) is 0 Å².